The summed E-state index contributed by atoms with van der Waals surface area (Å²) < 4.78 is 5.30. The van der Waals surface area contributed by atoms with Crippen LogP contribution in [0, 0.1) is 13.8 Å². The molecule has 0 fully saturated rings. The highest BCUT2D eigenvalue weighted by Crippen LogP contribution is 2.24. The average Bonchev–Trinajstić information content (AvgIpc) is 2.48. The van der Waals surface area contributed by atoms with E-state index in [0.29, 0.717) is 5.95 Å². The molecule has 5 heteroatoms. The zero-order chi connectivity index (χ0) is 16.3. The molecule has 0 spiro atoms. The van der Waals surface area contributed by atoms with Crippen molar-refractivity contribution in [3.05, 3.63) is 41.1 Å². The summed E-state index contributed by atoms with van der Waals surface area (Å²) in [5.74, 6) is 2.46. The Balaban J connectivity index is 2.20. The van der Waals surface area contributed by atoms with Crippen LogP contribution in [0.3, 0.4) is 0 Å². The van der Waals surface area contributed by atoms with E-state index in [9.17, 15) is 0 Å². The molecule has 0 saturated carbocycles. The van der Waals surface area contributed by atoms with E-state index in [1.165, 1.54) is 5.56 Å². The van der Waals surface area contributed by atoms with Crippen molar-refractivity contribution in [2.24, 2.45) is 0 Å². The summed E-state index contributed by atoms with van der Waals surface area (Å²) in [6.07, 6.45) is 1.84. The van der Waals surface area contributed by atoms with E-state index in [1.54, 1.807) is 7.11 Å². The lowest BCUT2D eigenvalue weighted by Crippen LogP contribution is -2.16. The normalized spacial score (nSPS) is 11.9. The highest BCUT2D eigenvalue weighted by molar-refractivity contribution is 5.48. The van der Waals surface area contributed by atoms with Crippen LogP contribution < -0.4 is 15.0 Å². The summed E-state index contributed by atoms with van der Waals surface area (Å²) >= 11 is 0. The van der Waals surface area contributed by atoms with Crippen molar-refractivity contribution >= 4 is 11.8 Å². The zero-order valence-corrected chi connectivity index (χ0v) is 14.1. The fourth-order valence-corrected chi connectivity index (χ4v) is 2.40. The van der Waals surface area contributed by atoms with E-state index in [4.69, 9.17) is 4.74 Å². The summed E-state index contributed by atoms with van der Waals surface area (Å²) in [7, 11) is 5.65. The number of hydrogen-bond donors (Lipinski definition) is 1. The smallest absolute Gasteiger partial charge is 0.225 e. The van der Waals surface area contributed by atoms with Gasteiger partial charge in [-0.15, -0.1) is 0 Å². The minimum Gasteiger partial charge on any atom is -0.496 e. The number of hydrogen-bond acceptors (Lipinski definition) is 5. The number of aryl methyl sites for hydroxylation is 2. The molecule has 0 amide bonds. The standard InChI is InChI=1S/C17H24N4O/c1-11-9-14(7-8-15(11)22-6)13(3)19-17-18-10-12(2)16(20-17)21(4)5/h7-10,13H,1-6H3,(H,18,19,20). The molecule has 1 N–H and O–H groups in total. The van der Waals surface area contributed by atoms with Crippen LogP contribution in [0.1, 0.15) is 29.7 Å². The molecule has 0 bridgehead atoms. The van der Waals surface area contributed by atoms with Gasteiger partial charge in [0.15, 0.2) is 0 Å². The first-order valence-corrected chi connectivity index (χ1v) is 7.34. The molecule has 2 rings (SSSR count). The molecule has 1 unspecified atom stereocenters. The predicted octanol–water partition coefficient (Wildman–Crippen LogP) is 3.34. The molecule has 0 aliphatic carbocycles. The van der Waals surface area contributed by atoms with E-state index in [0.717, 1.165) is 22.7 Å². The fourth-order valence-electron chi connectivity index (χ4n) is 2.40. The van der Waals surface area contributed by atoms with Crippen LogP contribution >= 0.6 is 0 Å². The highest BCUT2D eigenvalue weighted by Gasteiger charge is 2.11. The highest BCUT2D eigenvalue weighted by atomic mass is 16.5. The Morgan fingerprint density at radius 2 is 1.91 bits per heavy atom. The lowest BCUT2D eigenvalue weighted by Gasteiger charge is -2.19. The molecule has 1 heterocycles. The second-order valence-corrected chi connectivity index (χ2v) is 5.69. The number of methoxy groups -OCH3 is 1. The van der Waals surface area contributed by atoms with Crippen molar-refractivity contribution in [2.45, 2.75) is 26.8 Å². The Morgan fingerprint density at radius 1 is 1.18 bits per heavy atom. The Labute approximate surface area is 132 Å². The van der Waals surface area contributed by atoms with Crippen LogP contribution in [0.5, 0.6) is 5.75 Å². The zero-order valence-electron chi connectivity index (χ0n) is 14.1. The number of nitrogens with zero attached hydrogens (tertiary/aromatic N) is 3. The van der Waals surface area contributed by atoms with Crippen LogP contribution in [0.4, 0.5) is 11.8 Å². The van der Waals surface area contributed by atoms with Gasteiger partial charge in [-0.3, -0.25) is 0 Å². The average molecular weight is 300 g/mol. The molecule has 118 valence electrons. The van der Waals surface area contributed by atoms with Gasteiger partial charge in [0, 0.05) is 25.9 Å². The Kier molecular flexibility index (Phi) is 4.85. The molecule has 0 radical (unpaired) electrons. The number of benzene rings is 1. The first kappa shape index (κ1) is 16.1. The van der Waals surface area contributed by atoms with Crippen LogP contribution in [0.25, 0.3) is 0 Å². The topological polar surface area (TPSA) is 50.3 Å². The van der Waals surface area contributed by atoms with Crippen LogP contribution in [-0.4, -0.2) is 31.2 Å². The van der Waals surface area contributed by atoms with Gasteiger partial charge in [-0.1, -0.05) is 12.1 Å². The number of anilines is 2. The summed E-state index contributed by atoms with van der Waals surface area (Å²) in [5, 5.41) is 3.36. The lowest BCUT2D eigenvalue weighted by molar-refractivity contribution is 0.411. The van der Waals surface area contributed by atoms with Crippen molar-refractivity contribution in [2.75, 3.05) is 31.4 Å². The van der Waals surface area contributed by atoms with E-state index in [-0.39, 0.29) is 6.04 Å². The molecular formula is C17H24N4O. The maximum absolute atomic E-state index is 5.30. The first-order chi connectivity index (χ1) is 10.4. The molecular weight excluding hydrogens is 276 g/mol. The van der Waals surface area contributed by atoms with Gasteiger partial charge < -0.3 is 15.0 Å². The molecule has 2 aromatic rings. The second-order valence-electron chi connectivity index (χ2n) is 5.69. The quantitative estimate of drug-likeness (QED) is 0.917. The SMILES string of the molecule is COc1ccc(C(C)Nc2ncc(C)c(N(C)C)n2)cc1C. The van der Waals surface area contributed by atoms with Crippen molar-refractivity contribution < 1.29 is 4.74 Å². The van der Waals surface area contributed by atoms with Gasteiger partial charge in [-0.2, -0.15) is 4.98 Å². The van der Waals surface area contributed by atoms with Crippen molar-refractivity contribution in [1.29, 1.82) is 0 Å². The largest absolute Gasteiger partial charge is 0.496 e. The second kappa shape index (κ2) is 6.64. The molecule has 0 saturated heterocycles. The molecule has 22 heavy (non-hydrogen) atoms. The fraction of sp³-hybridized carbons (Fsp3) is 0.412. The van der Waals surface area contributed by atoms with Gasteiger partial charge in [0.05, 0.1) is 13.2 Å². The van der Waals surface area contributed by atoms with E-state index >= 15 is 0 Å². The number of rotatable bonds is 5. The number of nitrogens with one attached hydrogen (secondary N) is 1. The summed E-state index contributed by atoms with van der Waals surface area (Å²) in [6.45, 7) is 6.15. The Bertz CT molecular complexity index is 655. The molecule has 1 atom stereocenters. The predicted molar refractivity (Wildman–Crippen MR) is 90.9 cm³/mol. The van der Waals surface area contributed by atoms with Gasteiger partial charge in [-0.05, 0) is 38.0 Å². The Morgan fingerprint density at radius 3 is 2.50 bits per heavy atom. The third-order valence-electron chi connectivity index (χ3n) is 3.63. The van der Waals surface area contributed by atoms with Gasteiger partial charge in [0.25, 0.3) is 0 Å². The van der Waals surface area contributed by atoms with E-state index < -0.39 is 0 Å². The van der Waals surface area contributed by atoms with Gasteiger partial charge in [-0.25, -0.2) is 4.98 Å². The molecule has 1 aromatic heterocycles. The monoisotopic (exact) mass is 300 g/mol. The summed E-state index contributed by atoms with van der Waals surface area (Å²) in [6, 6.07) is 6.29. The molecule has 0 aliphatic heterocycles. The maximum atomic E-state index is 5.30. The number of aromatic nitrogens is 2. The van der Waals surface area contributed by atoms with Crippen molar-refractivity contribution in [3.8, 4) is 5.75 Å². The van der Waals surface area contributed by atoms with Gasteiger partial charge in [0.1, 0.15) is 11.6 Å². The minimum absolute atomic E-state index is 0.113. The van der Waals surface area contributed by atoms with Crippen molar-refractivity contribution in [1.82, 2.24) is 9.97 Å². The van der Waals surface area contributed by atoms with Crippen LogP contribution in [0.15, 0.2) is 24.4 Å². The third kappa shape index (κ3) is 3.47. The lowest BCUT2D eigenvalue weighted by atomic mass is 10.1. The first-order valence-electron chi connectivity index (χ1n) is 7.34. The van der Waals surface area contributed by atoms with E-state index in [2.05, 4.69) is 34.3 Å². The van der Waals surface area contributed by atoms with Crippen LogP contribution in [0.2, 0.25) is 0 Å². The van der Waals surface area contributed by atoms with E-state index in [1.807, 2.05) is 45.1 Å². The molecule has 0 aliphatic rings. The molecule has 1 aromatic carbocycles. The third-order valence-corrected chi connectivity index (χ3v) is 3.63. The van der Waals surface area contributed by atoms with Gasteiger partial charge in [0.2, 0.25) is 5.95 Å². The van der Waals surface area contributed by atoms with Crippen LogP contribution in [-0.2, 0) is 0 Å². The minimum atomic E-state index is 0.113. The number of ether oxygens (including phenoxy) is 1. The maximum Gasteiger partial charge on any atom is 0.225 e. The van der Waals surface area contributed by atoms with Gasteiger partial charge >= 0.3 is 0 Å². The summed E-state index contributed by atoms with van der Waals surface area (Å²) in [4.78, 5) is 10.9. The molecule has 5 nitrogen and oxygen atoms in total. The van der Waals surface area contributed by atoms with Crippen molar-refractivity contribution in [3.63, 3.8) is 0 Å². The Hall–Kier alpha value is -2.30. The summed E-state index contributed by atoms with van der Waals surface area (Å²) in [5.41, 5.74) is 3.35.